The molecule has 1 atom stereocenters. The van der Waals surface area contributed by atoms with Crippen LogP contribution in [0.3, 0.4) is 0 Å². The number of amides is 1. The number of ether oxygens (including phenoxy) is 2. The van der Waals surface area contributed by atoms with E-state index in [0.29, 0.717) is 22.9 Å². The van der Waals surface area contributed by atoms with Crippen molar-refractivity contribution in [1.29, 1.82) is 0 Å². The highest BCUT2D eigenvalue weighted by Gasteiger charge is 2.16. The minimum Gasteiger partial charge on any atom is -0.497 e. The Hall–Kier alpha value is -4.08. The number of rotatable bonds is 9. The molecule has 0 spiro atoms. The molecule has 10 heteroatoms. The number of aryl methyl sites for hydroxylation is 2. The smallest absolute Gasteiger partial charge is 0.261 e. The summed E-state index contributed by atoms with van der Waals surface area (Å²) in [5, 5.41) is 11.1. The molecule has 0 unspecified atom stereocenters. The topological polar surface area (TPSA) is 126 Å². The lowest BCUT2D eigenvalue weighted by Crippen LogP contribution is -2.30. The van der Waals surface area contributed by atoms with Crippen LogP contribution in [-0.4, -0.2) is 47.3 Å². The number of aromatic nitrogens is 3. The van der Waals surface area contributed by atoms with E-state index in [1.165, 1.54) is 0 Å². The summed E-state index contributed by atoms with van der Waals surface area (Å²) in [6.07, 6.45) is 1.57. The Bertz CT molecular complexity index is 1140. The molecule has 174 valence electrons. The predicted octanol–water partition coefficient (Wildman–Crippen LogP) is 2.42. The third-order valence-corrected chi connectivity index (χ3v) is 4.91. The fourth-order valence-electron chi connectivity index (χ4n) is 3.28. The predicted molar refractivity (Wildman–Crippen MR) is 124 cm³/mol. The molecular weight excluding hydrogens is 424 g/mol. The van der Waals surface area contributed by atoms with E-state index in [9.17, 15) is 4.79 Å². The Balaban J connectivity index is 1.57. The van der Waals surface area contributed by atoms with Gasteiger partial charge in [-0.2, -0.15) is 5.10 Å². The third-order valence-electron chi connectivity index (χ3n) is 4.91. The molecule has 0 saturated carbocycles. The lowest BCUT2D eigenvalue weighted by Gasteiger charge is -2.18. The van der Waals surface area contributed by atoms with Crippen molar-refractivity contribution in [3.63, 3.8) is 0 Å². The van der Waals surface area contributed by atoms with E-state index in [1.54, 1.807) is 49.4 Å². The molecule has 0 aliphatic rings. The zero-order valence-electron chi connectivity index (χ0n) is 19.3. The van der Waals surface area contributed by atoms with Gasteiger partial charge in [0.25, 0.3) is 5.91 Å². The van der Waals surface area contributed by atoms with Crippen molar-refractivity contribution < 1.29 is 19.1 Å². The van der Waals surface area contributed by atoms with E-state index >= 15 is 0 Å². The molecule has 1 amide bonds. The minimum absolute atomic E-state index is 0.109. The lowest BCUT2D eigenvalue weighted by molar-refractivity contribution is -0.126. The number of amidine groups is 1. The summed E-state index contributed by atoms with van der Waals surface area (Å²) in [6.45, 7) is 5.41. The number of oxime groups is 1. The number of carbonyl (C=O) groups is 1. The number of nitrogens with zero attached hydrogens (tertiary/aromatic N) is 4. The van der Waals surface area contributed by atoms with Crippen LogP contribution in [0.25, 0.3) is 5.82 Å². The number of nitrogens with one attached hydrogen (secondary N) is 1. The molecule has 2 aromatic heterocycles. The van der Waals surface area contributed by atoms with Crippen LogP contribution in [0.5, 0.6) is 11.5 Å². The Labute approximate surface area is 192 Å². The summed E-state index contributed by atoms with van der Waals surface area (Å²) >= 11 is 0. The van der Waals surface area contributed by atoms with Crippen LogP contribution in [-0.2, 0) is 9.63 Å². The van der Waals surface area contributed by atoms with Crippen LogP contribution in [0, 0.1) is 13.8 Å². The van der Waals surface area contributed by atoms with Gasteiger partial charge in [0.15, 0.2) is 18.3 Å². The van der Waals surface area contributed by atoms with Gasteiger partial charge >= 0.3 is 0 Å². The molecule has 3 rings (SSSR count). The highest BCUT2D eigenvalue weighted by atomic mass is 16.6. The fourth-order valence-corrected chi connectivity index (χ4v) is 3.28. The highest BCUT2D eigenvalue weighted by molar-refractivity contribution is 5.96. The first-order valence-corrected chi connectivity index (χ1v) is 10.3. The van der Waals surface area contributed by atoms with Gasteiger partial charge in [-0.05, 0) is 57.2 Å². The molecule has 2 heterocycles. The lowest BCUT2D eigenvalue weighted by atomic mass is 10.1. The van der Waals surface area contributed by atoms with Gasteiger partial charge in [-0.1, -0.05) is 5.16 Å². The Kier molecular flexibility index (Phi) is 7.50. The molecule has 3 aromatic rings. The van der Waals surface area contributed by atoms with Crippen molar-refractivity contribution in [3.8, 4) is 17.3 Å². The van der Waals surface area contributed by atoms with Crippen molar-refractivity contribution >= 4 is 11.7 Å². The SMILES string of the molecule is COc1ccc(OC)c([C@H](C)NC(=O)CO/N=C(/N)c2ccc(-n3nc(C)cc3C)nc2)c1. The van der Waals surface area contributed by atoms with Crippen LogP contribution >= 0.6 is 0 Å². The van der Waals surface area contributed by atoms with E-state index in [1.807, 2.05) is 32.9 Å². The number of benzene rings is 1. The normalized spacial score (nSPS) is 12.2. The monoisotopic (exact) mass is 452 g/mol. The van der Waals surface area contributed by atoms with Crippen LogP contribution in [0.4, 0.5) is 0 Å². The van der Waals surface area contributed by atoms with E-state index < -0.39 is 0 Å². The fraction of sp³-hybridized carbons (Fsp3) is 0.304. The maximum Gasteiger partial charge on any atom is 0.261 e. The first-order valence-electron chi connectivity index (χ1n) is 10.3. The molecule has 10 nitrogen and oxygen atoms in total. The van der Waals surface area contributed by atoms with Crippen LogP contribution in [0.2, 0.25) is 0 Å². The molecule has 0 radical (unpaired) electrons. The van der Waals surface area contributed by atoms with Gasteiger partial charge in [0, 0.05) is 23.0 Å². The summed E-state index contributed by atoms with van der Waals surface area (Å²) in [5.41, 5.74) is 9.20. The maximum absolute atomic E-state index is 12.3. The molecule has 1 aromatic carbocycles. The maximum atomic E-state index is 12.3. The summed E-state index contributed by atoms with van der Waals surface area (Å²) in [5.74, 6) is 1.72. The van der Waals surface area contributed by atoms with E-state index in [-0.39, 0.29) is 24.4 Å². The number of nitrogens with two attached hydrogens (primary N) is 1. The Morgan fingerprint density at radius 2 is 1.97 bits per heavy atom. The Morgan fingerprint density at radius 1 is 1.18 bits per heavy atom. The average Bonchev–Trinajstić information content (AvgIpc) is 3.16. The second-order valence-corrected chi connectivity index (χ2v) is 7.39. The van der Waals surface area contributed by atoms with Gasteiger partial charge in [0.05, 0.1) is 26.0 Å². The molecule has 33 heavy (non-hydrogen) atoms. The molecular formula is C23H28N6O4. The van der Waals surface area contributed by atoms with Gasteiger partial charge in [-0.15, -0.1) is 0 Å². The van der Waals surface area contributed by atoms with Crippen molar-refractivity contribution in [3.05, 3.63) is 65.1 Å². The summed E-state index contributed by atoms with van der Waals surface area (Å²) in [7, 11) is 3.15. The van der Waals surface area contributed by atoms with Gasteiger partial charge < -0.3 is 25.4 Å². The summed E-state index contributed by atoms with van der Waals surface area (Å²) in [4.78, 5) is 21.8. The van der Waals surface area contributed by atoms with Crippen LogP contribution in [0.15, 0.2) is 47.8 Å². The minimum atomic E-state index is -0.359. The largest absolute Gasteiger partial charge is 0.497 e. The number of carbonyl (C=O) groups excluding carboxylic acids is 1. The molecule has 0 aliphatic carbocycles. The van der Waals surface area contributed by atoms with Crippen molar-refractivity contribution in [1.82, 2.24) is 20.1 Å². The van der Waals surface area contributed by atoms with Gasteiger partial charge in [-0.25, -0.2) is 9.67 Å². The quantitative estimate of drug-likeness (QED) is 0.290. The van der Waals surface area contributed by atoms with E-state index in [0.717, 1.165) is 17.0 Å². The number of hydrogen-bond donors (Lipinski definition) is 2. The summed E-state index contributed by atoms with van der Waals surface area (Å²) in [6, 6.07) is 10.6. The van der Waals surface area contributed by atoms with E-state index in [2.05, 4.69) is 20.6 Å². The molecule has 3 N–H and O–H groups in total. The second kappa shape index (κ2) is 10.5. The molecule has 0 fully saturated rings. The first-order chi connectivity index (χ1) is 15.8. The van der Waals surface area contributed by atoms with Gasteiger partial charge in [-0.3, -0.25) is 4.79 Å². The average molecular weight is 453 g/mol. The van der Waals surface area contributed by atoms with Crippen molar-refractivity contribution in [2.24, 2.45) is 10.9 Å². The molecule has 0 saturated heterocycles. The van der Waals surface area contributed by atoms with Crippen molar-refractivity contribution in [2.75, 3.05) is 20.8 Å². The molecule has 0 bridgehead atoms. The number of pyridine rings is 1. The standard InChI is InChI=1S/C23H28N6O4/c1-14-10-15(2)29(27-14)21-9-6-17(12-25-21)23(24)28-33-13-22(30)26-16(3)19-11-18(31-4)7-8-20(19)32-5/h6-12,16H,13H2,1-5H3,(H2,24,28)(H,26,30)/t16-/m0/s1. The van der Waals surface area contributed by atoms with Crippen LogP contribution in [0.1, 0.15) is 35.5 Å². The molecule has 0 aliphatic heterocycles. The number of hydrogen-bond acceptors (Lipinski definition) is 7. The third kappa shape index (κ3) is 5.79. The van der Waals surface area contributed by atoms with E-state index in [4.69, 9.17) is 20.0 Å². The highest BCUT2D eigenvalue weighted by Crippen LogP contribution is 2.29. The first kappa shape index (κ1) is 23.6. The van der Waals surface area contributed by atoms with Crippen molar-refractivity contribution in [2.45, 2.75) is 26.8 Å². The zero-order chi connectivity index (χ0) is 24.0. The van der Waals surface area contributed by atoms with Gasteiger partial charge in [0.2, 0.25) is 0 Å². The zero-order valence-corrected chi connectivity index (χ0v) is 19.3. The Morgan fingerprint density at radius 3 is 2.58 bits per heavy atom. The second-order valence-electron chi connectivity index (χ2n) is 7.39. The van der Waals surface area contributed by atoms with Crippen LogP contribution < -0.4 is 20.5 Å². The van der Waals surface area contributed by atoms with Gasteiger partial charge in [0.1, 0.15) is 11.5 Å². The number of methoxy groups -OCH3 is 2. The summed E-state index contributed by atoms with van der Waals surface area (Å²) < 4.78 is 12.4.